The van der Waals surface area contributed by atoms with Crippen LogP contribution in [0.25, 0.3) is 10.9 Å². The van der Waals surface area contributed by atoms with E-state index in [4.69, 9.17) is 5.73 Å². The van der Waals surface area contributed by atoms with Crippen LogP contribution in [0.5, 0.6) is 0 Å². The Morgan fingerprint density at radius 3 is 2.95 bits per heavy atom. The molecule has 2 aromatic rings. The highest BCUT2D eigenvalue weighted by molar-refractivity contribution is 6.07. The number of aromatic amines is 1. The summed E-state index contributed by atoms with van der Waals surface area (Å²) in [6.45, 7) is 0. The Balaban J connectivity index is 1.59. The van der Waals surface area contributed by atoms with Crippen molar-refractivity contribution in [2.75, 3.05) is 5.73 Å². The van der Waals surface area contributed by atoms with Gasteiger partial charge in [-0.15, -0.1) is 0 Å². The Morgan fingerprint density at radius 1 is 1.30 bits per heavy atom. The van der Waals surface area contributed by atoms with E-state index in [1.54, 1.807) is 6.20 Å². The van der Waals surface area contributed by atoms with Crippen LogP contribution in [0.2, 0.25) is 0 Å². The van der Waals surface area contributed by atoms with E-state index >= 15 is 0 Å². The van der Waals surface area contributed by atoms with E-state index < -0.39 is 0 Å². The Kier molecular flexibility index (Phi) is 2.52. The number of anilines is 1. The zero-order valence-electron chi connectivity index (χ0n) is 11.4. The van der Waals surface area contributed by atoms with Crippen LogP contribution in [-0.4, -0.2) is 16.9 Å². The summed E-state index contributed by atoms with van der Waals surface area (Å²) in [6, 6.07) is 5.99. The van der Waals surface area contributed by atoms with Crippen LogP contribution in [0.3, 0.4) is 0 Å². The lowest BCUT2D eigenvalue weighted by atomic mass is 9.95. The molecule has 2 aliphatic rings. The van der Waals surface area contributed by atoms with Gasteiger partial charge in [0.2, 0.25) is 0 Å². The van der Waals surface area contributed by atoms with Crippen molar-refractivity contribution in [1.82, 2.24) is 10.3 Å². The predicted octanol–water partition coefficient (Wildman–Crippen LogP) is 2.67. The van der Waals surface area contributed by atoms with E-state index in [2.05, 4.69) is 10.3 Å². The predicted molar refractivity (Wildman–Crippen MR) is 79.4 cm³/mol. The monoisotopic (exact) mass is 269 g/mol. The molecule has 3 atom stereocenters. The van der Waals surface area contributed by atoms with Crippen LogP contribution in [-0.2, 0) is 0 Å². The van der Waals surface area contributed by atoms with Crippen molar-refractivity contribution < 1.29 is 4.79 Å². The molecule has 1 heterocycles. The molecule has 104 valence electrons. The third kappa shape index (κ3) is 1.79. The van der Waals surface area contributed by atoms with Gasteiger partial charge in [-0.3, -0.25) is 4.79 Å². The van der Waals surface area contributed by atoms with E-state index in [0.717, 1.165) is 23.2 Å². The van der Waals surface area contributed by atoms with Crippen LogP contribution in [0, 0.1) is 11.8 Å². The maximum absolute atomic E-state index is 12.5. The van der Waals surface area contributed by atoms with Gasteiger partial charge in [-0.25, -0.2) is 0 Å². The number of nitrogens with two attached hydrogens (primary N) is 1. The van der Waals surface area contributed by atoms with Crippen molar-refractivity contribution in [3.05, 3.63) is 30.0 Å². The minimum atomic E-state index is 0.0272. The van der Waals surface area contributed by atoms with Gasteiger partial charge in [-0.05, 0) is 49.3 Å². The summed E-state index contributed by atoms with van der Waals surface area (Å²) in [5.74, 6) is 1.56. The van der Waals surface area contributed by atoms with E-state index in [1.165, 1.54) is 19.3 Å². The second-order valence-corrected chi connectivity index (χ2v) is 6.26. The molecule has 1 aromatic carbocycles. The van der Waals surface area contributed by atoms with Gasteiger partial charge < -0.3 is 16.0 Å². The average molecular weight is 269 g/mol. The van der Waals surface area contributed by atoms with Gasteiger partial charge in [0.25, 0.3) is 5.91 Å². The van der Waals surface area contributed by atoms with Gasteiger partial charge >= 0.3 is 0 Å². The molecule has 4 heteroatoms. The number of nitrogen functional groups attached to an aromatic ring is 1. The number of hydrogen-bond acceptors (Lipinski definition) is 2. The lowest BCUT2D eigenvalue weighted by molar-refractivity contribution is 0.0924. The summed E-state index contributed by atoms with van der Waals surface area (Å²) >= 11 is 0. The van der Waals surface area contributed by atoms with Crippen molar-refractivity contribution in [2.24, 2.45) is 11.8 Å². The summed E-state index contributed by atoms with van der Waals surface area (Å²) < 4.78 is 0. The van der Waals surface area contributed by atoms with Gasteiger partial charge in [-0.2, -0.15) is 0 Å². The maximum atomic E-state index is 12.5. The van der Waals surface area contributed by atoms with Crippen molar-refractivity contribution >= 4 is 22.5 Å². The molecule has 1 aromatic heterocycles. The number of fused-ring (bicyclic) bond motifs is 3. The third-order valence-electron chi connectivity index (χ3n) is 5.01. The fraction of sp³-hybridized carbons (Fsp3) is 0.438. The summed E-state index contributed by atoms with van der Waals surface area (Å²) in [5.41, 5.74) is 8.17. The van der Waals surface area contributed by atoms with Crippen LogP contribution >= 0.6 is 0 Å². The molecule has 4 N–H and O–H groups in total. The van der Waals surface area contributed by atoms with Gasteiger partial charge in [-0.1, -0.05) is 6.42 Å². The fourth-order valence-electron chi connectivity index (χ4n) is 3.99. The Bertz CT molecular complexity index is 675. The van der Waals surface area contributed by atoms with E-state index in [0.29, 0.717) is 23.2 Å². The first-order valence-corrected chi connectivity index (χ1v) is 7.38. The first-order chi connectivity index (χ1) is 9.70. The smallest absolute Gasteiger partial charge is 0.253 e. The first kappa shape index (κ1) is 11.8. The molecule has 2 saturated carbocycles. The molecule has 2 fully saturated rings. The molecule has 4 rings (SSSR count). The normalized spacial score (nSPS) is 28.1. The van der Waals surface area contributed by atoms with Crippen molar-refractivity contribution in [3.63, 3.8) is 0 Å². The van der Waals surface area contributed by atoms with Gasteiger partial charge in [0.05, 0.1) is 5.56 Å². The standard InChI is InChI=1S/C16H19N3O/c17-11-3-4-14-12(7-11)13(8-18-14)16(20)19-15-6-9-1-2-10(15)5-9/h3-4,7-10,15,18H,1-2,5-6,17H2,(H,19,20). The maximum Gasteiger partial charge on any atom is 0.253 e. The van der Waals surface area contributed by atoms with Crippen molar-refractivity contribution in [3.8, 4) is 0 Å². The minimum Gasteiger partial charge on any atom is -0.399 e. The van der Waals surface area contributed by atoms with E-state index in [1.807, 2.05) is 18.2 Å². The zero-order chi connectivity index (χ0) is 13.7. The second-order valence-electron chi connectivity index (χ2n) is 6.26. The molecule has 0 radical (unpaired) electrons. The van der Waals surface area contributed by atoms with E-state index in [9.17, 15) is 4.79 Å². The molecular weight excluding hydrogens is 250 g/mol. The molecule has 1 amide bonds. The number of rotatable bonds is 2. The lowest BCUT2D eigenvalue weighted by Gasteiger charge is -2.22. The largest absolute Gasteiger partial charge is 0.399 e. The SMILES string of the molecule is Nc1ccc2[nH]cc(C(=O)NC3CC4CCC3C4)c2c1. The summed E-state index contributed by atoms with van der Waals surface area (Å²) in [7, 11) is 0. The number of carbonyl (C=O) groups is 1. The minimum absolute atomic E-state index is 0.0272. The fourth-order valence-corrected chi connectivity index (χ4v) is 3.99. The molecule has 0 spiro atoms. The van der Waals surface area contributed by atoms with Gasteiger partial charge in [0, 0.05) is 28.8 Å². The lowest BCUT2D eigenvalue weighted by Crippen LogP contribution is -2.38. The molecule has 0 saturated heterocycles. The van der Waals surface area contributed by atoms with Gasteiger partial charge in [0.1, 0.15) is 0 Å². The number of hydrogen-bond donors (Lipinski definition) is 3. The highest BCUT2D eigenvalue weighted by atomic mass is 16.1. The Labute approximate surface area is 117 Å². The molecule has 0 aliphatic heterocycles. The number of aromatic nitrogens is 1. The number of H-pyrrole nitrogens is 1. The van der Waals surface area contributed by atoms with Crippen LogP contribution in [0.15, 0.2) is 24.4 Å². The zero-order valence-corrected chi connectivity index (χ0v) is 11.4. The molecule has 4 nitrogen and oxygen atoms in total. The number of nitrogens with one attached hydrogen (secondary N) is 2. The average Bonchev–Trinajstić information content (AvgIpc) is 3.11. The van der Waals surface area contributed by atoms with Gasteiger partial charge in [0.15, 0.2) is 0 Å². The first-order valence-electron chi connectivity index (χ1n) is 7.38. The molecule has 2 bridgehead atoms. The van der Waals surface area contributed by atoms with E-state index in [-0.39, 0.29) is 5.91 Å². The van der Waals surface area contributed by atoms with Crippen molar-refractivity contribution in [2.45, 2.75) is 31.7 Å². The quantitative estimate of drug-likeness (QED) is 0.733. The van der Waals surface area contributed by atoms with Crippen molar-refractivity contribution in [1.29, 1.82) is 0 Å². The highest BCUT2D eigenvalue weighted by Crippen LogP contribution is 2.44. The second kappa shape index (κ2) is 4.27. The van der Waals surface area contributed by atoms with Crippen LogP contribution < -0.4 is 11.1 Å². The van der Waals surface area contributed by atoms with Crippen LogP contribution in [0.4, 0.5) is 5.69 Å². The molecule has 2 aliphatic carbocycles. The topological polar surface area (TPSA) is 70.9 Å². The number of carbonyl (C=O) groups excluding carboxylic acids is 1. The highest BCUT2D eigenvalue weighted by Gasteiger charge is 2.40. The Morgan fingerprint density at radius 2 is 2.20 bits per heavy atom. The summed E-state index contributed by atoms with van der Waals surface area (Å²) in [6.07, 6.45) is 6.86. The third-order valence-corrected chi connectivity index (χ3v) is 5.01. The van der Waals surface area contributed by atoms with Crippen LogP contribution in [0.1, 0.15) is 36.0 Å². The Hall–Kier alpha value is -1.97. The summed E-state index contributed by atoms with van der Waals surface area (Å²) in [5, 5.41) is 4.13. The number of amides is 1. The molecule has 20 heavy (non-hydrogen) atoms. The molecule has 3 unspecified atom stereocenters. The number of benzene rings is 1. The summed E-state index contributed by atoms with van der Waals surface area (Å²) in [4.78, 5) is 15.6. The molecular formula is C16H19N3O.